The molecular formula is C22H25NO2. The van der Waals surface area contributed by atoms with Crippen molar-refractivity contribution in [2.75, 3.05) is 31.7 Å². The van der Waals surface area contributed by atoms with Gasteiger partial charge in [-0.1, -0.05) is 42.5 Å². The second kappa shape index (κ2) is 9.09. The second-order valence-electron chi connectivity index (χ2n) is 5.88. The quantitative estimate of drug-likeness (QED) is 0.564. The highest BCUT2D eigenvalue weighted by Crippen LogP contribution is 2.20. The largest absolute Gasteiger partial charge is 0.491 e. The van der Waals surface area contributed by atoms with E-state index in [1.165, 1.54) is 16.3 Å². The maximum Gasteiger partial charge on any atom is 0.119 e. The summed E-state index contributed by atoms with van der Waals surface area (Å²) in [6, 6.07) is 23.1. The van der Waals surface area contributed by atoms with Crippen LogP contribution in [0.25, 0.3) is 10.8 Å². The molecule has 0 fully saturated rings. The molecule has 0 atom stereocenters. The van der Waals surface area contributed by atoms with E-state index in [1.807, 2.05) is 19.1 Å². The van der Waals surface area contributed by atoms with Crippen molar-refractivity contribution in [3.63, 3.8) is 0 Å². The van der Waals surface area contributed by atoms with Gasteiger partial charge in [0.25, 0.3) is 0 Å². The first-order chi connectivity index (χ1) is 12.4. The Kier molecular flexibility index (Phi) is 6.29. The first-order valence-corrected chi connectivity index (χ1v) is 8.88. The van der Waals surface area contributed by atoms with Crippen molar-refractivity contribution in [2.24, 2.45) is 0 Å². The SMILES string of the molecule is CCOCCOc1ccc(NCCc2cccc3ccccc23)cc1. The molecule has 0 unspecified atom stereocenters. The standard InChI is InChI=1S/C22H25NO2/c1-2-24-16-17-25-21-12-10-20(11-13-21)23-15-14-19-8-5-7-18-6-3-4-9-22(18)19/h3-13,23H,2,14-17H2,1H3. The van der Waals surface area contributed by atoms with Crippen LogP contribution in [-0.4, -0.2) is 26.4 Å². The average Bonchev–Trinajstić information content (AvgIpc) is 2.67. The monoisotopic (exact) mass is 335 g/mol. The van der Waals surface area contributed by atoms with Crippen LogP contribution in [0.3, 0.4) is 0 Å². The normalized spacial score (nSPS) is 10.8. The first-order valence-electron chi connectivity index (χ1n) is 8.88. The highest BCUT2D eigenvalue weighted by molar-refractivity contribution is 5.85. The third-order valence-corrected chi connectivity index (χ3v) is 4.16. The van der Waals surface area contributed by atoms with Crippen LogP contribution < -0.4 is 10.1 Å². The molecule has 0 heterocycles. The summed E-state index contributed by atoms with van der Waals surface area (Å²) in [6.07, 6.45) is 0.994. The number of rotatable bonds is 9. The van der Waals surface area contributed by atoms with Crippen LogP contribution in [0.5, 0.6) is 5.75 Å². The van der Waals surface area contributed by atoms with Gasteiger partial charge < -0.3 is 14.8 Å². The lowest BCUT2D eigenvalue weighted by molar-refractivity contribution is 0.110. The molecular weight excluding hydrogens is 310 g/mol. The van der Waals surface area contributed by atoms with Crippen LogP contribution in [-0.2, 0) is 11.2 Å². The molecule has 3 aromatic rings. The van der Waals surface area contributed by atoms with Gasteiger partial charge in [-0.25, -0.2) is 0 Å². The maximum absolute atomic E-state index is 5.63. The summed E-state index contributed by atoms with van der Waals surface area (Å²) in [7, 11) is 0. The second-order valence-corrected chi connectivity index (χ2v) is 5.88. The summed E-state index contributed by atoms with van der Waals surface area (Å²) in [4.78, 5) is 0. The van der Waals surface area contributed by atoms with Crippen molar-refractivity contribution >= 4 is 16.5 Å². The molecule has 3 heteroatoms. The minimum absolute atomic E-state index is 0.585. The number of hydrogen-bond acceptors (Lipinski definition) is 3. The van der Waals surface area contributed by atoms with E-state index < -0.39 is 0 Å². The summed E-state index contributed by atoms with van der Waals surface area (Å²) in [6.45, 7) is 4.82. The van der Waals surface area contributed by atoms with Crippen molar-refractivity contribution < 1.29 is 9.47 Å². The Hall–Kier alpha value is -2.52. The molecule has 0 aliphatic heterocycles. The summed E-state index contributed by atoms with van der Waals surface area (Å²) < 4.78 is 10.9. The predicted octanol–water partition coefficient (Wildman–Crippen LogP) is 4.91. The van der Waals surface area contributed by atoms with Crippen LogP contribution in [0, 0.1) is 0 Å². The van der Waals surface area contributed by atoms with Gasteiger partial charge in [0.05, 0.1) is 6.61 Å². The summed E-state index contributed by atoms with van der Waals surface area (Å²) in [5.41, 5.74) is 2.49. The topological polar surface area (TPSA) is 30.5 Å². The number of hydrogen-bond donors (Lipinski definition) is 1. The van der Waals surface area contributed by atoms with Gasteiger partial charge in [0.2, 0.25) is 0 Å². The Balaban J connectivity index is 1.50. The Morgan fingerprint density at radius 1 is 0.840 bits per heavy atom. The lowest BCUT2D eigenvalue weighted by Crippen LogP contribution is -2.07. The van der Waals surface area contributed by atoms with Crippen LogP contribution in [0.1, 0.15) is 12.5 Å². The smallest absolute Gasteiger partial charge is 0.119 e. The van der Waals surface area contributed by atoms with Crippen LogP contribution in [0.2, 0.25) is 0 Å². The number of anilines is 1. The fourth-order valence-electron chi connectivity index (χ4n) is 2.88. The van der Waals surface area contributed by atoms with Crippen LogP contribution in [0.4, 0.5) is 5.69 Å². The Bertz CT molecular complexity index is 778. The van der Waals surface area contributed by atoms with Gasteiger partial charge in [0, 0.05) is 18.8 Å². The van der Waals surface area contributed by atoms with Gasteiger partial charge >= 0.3 is 0 Å². The van der Waals surface area contributed by atoms with Crippen LogP contribution in [0.15, 0.2) is 66.7 Å². The Morgan fingerprint density at radius 2 is 1.64 bits per heavy atom. The van der Waals surface area contributed by atoms with E-state index in [0.29, 0.717) is 13.2 Å². The molecule has 0 aromatic heterocycles. The highest BCUT2D eigenvalue weighted by Gasteiger charge is 2.01. The Labute approximate surface area is 149 Å². The van der Waals surface area contributed by atoms with E-state index in [1.54, 1.807) is 0 Å². The maximum atomic E-state index is 5.63. The lowest BCUT2D eigenvalue weighted by atomic mass is 10.0. The van der Waals surface area contributed by atoms with Crippen molar-refractivity contribution in [3.05, 3.63) is 72.3 Å². The minimum atomic E-state index is 0.585. The molecule has 130 valence electrons. The van der Waals surface area contributed by atoms with Gasteiger partial charge in [-0.15, -0.1) is 0 Å². The molecule has 0 aliphatic carbocycles. The van der Waals surface area contributed by atoms with Gasteiger partial charge in [-0.3, -0.25) is 0 Å². The highest BCUT2D eigenvalue weighted by atomic mass is 16.5. The predicted molar refractivity (Wildman–Crippen MR) is 105 cm³/mol. The molecule has 3 aromatic carbocycles. The number of ether oxygens (including phenoxy) is 2. The average molecular weight is 335 g/mol. The summed E-state index contributed by atoms with van der Waals surface area (Å²) in [5.74, 6) is 0.874. The minimum Gasteiger partial charge on any atom is -0.491 e. The van der Waals surface area contributed by atoms with Crippen molar-refractivity contribution in [2.45, 2.75) is 13.3 Å². The van der Waals surface area contributed by atoms with Gasteiger partial charge in [-0.05, 0) is 53.9 Å². The third kappa shape index (κ3) is 4.97. The number of benzene rings is 3. The van der Waals surface area contributed by atoms with Crippen molar-refractivity contribution in [1.29, 1.82) is 0 Å². The number of nitrogens with one attached hydrogen (secondary N) is 1. The molecule has 0 spiro atoms. The van der Waals surface area contributed by atoms with E-state index in [2.05, 4.69) is 59.9 Å². The molecule has 25 heavy (non-hydrogen) atoms. The summed E-state index contributed by atoms with van der Waals surface area (Å²) >= 11 is 0. The Morgan fingerprint density at radius 3 is 2.48 bits per heavy atom. The zero-order valence-electron chi connectivity index (χ0n) is 14.7. The molecule has 0 aliphatic rings. The molecule has 0 radical (unpaired) electrons. The fraction of sp³-hybridized carbons (Fsp3) is 0.273. The van der Waals surface area contributed by atoms with E-state index in [4.69, 9.17) is 9.47 Å². The number of fused-ring (bicyclic) bond motifs is 1. The zero-order valence-corrected chi connectivity index (χ0v) is 14.7. The van der Waals surface area contributed by atoms with Gasteiger partial charge in [-0.2, -0.15) is 0 Å². The summed E-state index contributed by atoms with van der Waals surface area (Å²) in [5, 5.41) is 6.12. The van der Waals surface area contributed by atoms with E-state index in [9.17, 15) is 0 Å². The molecule has 0 saturated heterocycles. The third-order valence-electron chi connectivity index (χ3n) is 4.16. The van der Waals surface area contributed by atoms with Gasteiger partial charge in [0.1, 0.15) is 12.4 Å². The van der Waals surface area contributed by atoms with E-state index in [-0.39, 0.29) is 0 Å². The fourth-order valence-corrected chi connectivity index (χ4v) is 2.88. The van der Waals surface area contributed by atoms with E-state index in [0.717, 1.165) is 31.0 Å². The van der Waals surface area contributed by atoms with Gasteiger partial charge in [0.15, 0.2) is 0 Å². The molecule has 0 saturated carbocycles. The molecule has 1 N–H and O–H groups in total. The van der Waals surface area contributed by atoms with E-state index >= 15 is 0 Å². The van der Waals surface area contributed by atoms with Crippen molar-refractivity contribution in [3.8, 4) is 5.75 Å². The zero-order chi connectivity index (χ0) is 17.3. The molecule has 3 nitrogen and oxygen atoms in total. The van der Waals surface area contributed by atoms with Crippen molar-refractivity contribution in [1.82, 2.24) is 0 Å². The lowest BCUT2D eigenvalue weighted by Gasteiger charge is -2.10. The molecule has 0 amide bonds. The first kappa shape index (κ1) is 17.3. The molecule has 3 rings (SSSR count). The molecule has 0 bridgehead atoms. The van der Waals surface area contributed by atoms with Crippen LogP contribution >= 0.6 is 0 Å².